The standard InChI is InChI=1S/C21H21N3O5/c25-15-9-7-14(8-10-15)12-18(21(28)29)23-19(26)6-3-11-24-13-22-17-5-2-1-4-16(17)20(24)27/h1-2,4-5,7-10,13,18,25H,3,6,11-12H2,(H,23,26)(H,28,29)/p-1/t18-/m0/s1. The number of carboxylic acid groups (broad SMARTS) is 1. The molecule has 3 rings (SSSR count). The van der Waals surface area contributed by atoms with Gasteiger partial charge in [-0.1, -0.05) is 24.3 Å². The van der Waals surface area contributed by atoms with E-state index in [2.05, 4.69) is 10.3 Å². The number of amides is 1. The topological polar surface area (TPSA) is 124 Å². The first kappa shape index (κ1) is 20.1. The molecule has 1 amide bonds. The van der Waals surface area contributed by atoms with Gasteiger partial charge in [-0.3, -0.25) is 14.2 Å². The van der Waals surface area contributed by atoms with E-state index in [1.807, 2.05) is 0 Å². The number of para-hydroxylation sites is 1. The number of hydrogen-bond donors (Lipinski definition) is 2. The minimum absolute atomic E-state index is 0.0441. The third kappa shape index (κ3) is 5.19. The Bertz CT molecular complexity index is 1080. The Hall–Kier alpha value is -3.68. The fraction of sp³-hybridized carbons (Fsp3) is 0.238. The molecular weight excluding hydrogens is 374 g/mol. The average Bonchev–Trinajstić information content (AvgIpc) is 2.71. The fourth-order valence-electron chi connectivity index (χ4n) is 3.00. The number of fused-ring (bicyclic) bond motifs is 1. The summed E-state index contributed by atoms with van der Waals surface area (Å²) in [4.78, 5) is 40.1. The van der Waals surface area contributed by atoms with E-state index in [4.69, 9.17) is 0 Å². The molecule has 3 aromatic rings. The van der Waals surface area contributed by atoms with Crippen LogP contribution in [0.15, 0.2) is 59.7 Å². The number of phenolic OH excluding ortho intramolecular Hbond substituents is 1. The molecule has 0 aliphatic heterocycles. The Labute approximate surface area is 166 Å². The van der Waals surface area contributed by atoms with Gasteiger partial charge in [-0.05, 0) is 42.7 Å². The highest BCUT2D eigenvalue weighted by molar-refractivity contribution is 5.82. The number of hydrogen-bond acceptors (Lipinski definition) is 6. The molecule has 2 aromatic carbocycles. The highest BCUT2D eigenvalue weighted by Gasteiger charge is 2.14. The first-order valence-corrected chi connectivity index (χ1v) is 9.16. The number of rotatable bonds is 8. The van der Waals surface area contributed by atoms with Crippen LogP contribution in [0, 0.1) is 0 Å². The molecule has 8 nitrogen and oxygen atoms in total. The average molecular weight is 394 g/mol. The van der Waals surface area contributed by atoms with E-state index in [0.29, 0.717) is 22.9 Å². The van der Waals surface area contributed by atoms with Crippen LogP contribution in [-0.4, -0.2) is 32.6 Å². The SMILES string of the molecule is O=C(CCCn1cnc2ccccc2c1=O)N[C@@H](Cc1ccc(O)cc1)C(=O)[O-]. The number of nitrogens with zero attached hydrogens (tertiary/aromatic N) is 2. The van der Waals surface area contributed by atoms with Crippen LogP contribution in [0.5, 0.6) is 5.75 Å². The highest BCUT2D eigenvalue weighted by Crippen LogP contribution is 2.11. The van der Waals surface area contributed by atoms with Gasteiger partial charge in [0.05, 0.1) is 29.2 Å². The molecule has 150 valence electrons. The van der Waals surface area contributed by atoms with E-state index in [-0.39, 0.29) is 30.7 Å². The van der Waals surface area contributed by atoms with Gasteiger partial charge in [-0.15, -0.1) is 0 Å². The quantitative estimate of drug-likeness (QED) is 0.568. The summed E-state index contributed by atoms with van der Waals surface area (Å²) in [7, 11) is 0. The van der Waals surface area contributed by atoms with Crippen LogP contribution < -0.4 is 16.0 Å². The van der Waals surface area contributed by atoms with E-state index < -0.39 is 17.9 Å². The smallest absolute Gasteiger partial charge is 0.261 e. The number of aryl methyl sites for hydroxylation is 1. The molecule has 1 heterocycles. The van der Waals surface area contributed by atoms with Crippen LogP contribution in [0.1, 0.15) is 18.4 Å². The van der Waals surface area contributed by atoms with Gasteiger partial charge in [0.1, 0.15) is 5.75 Å². The van der Waals surface area contributed by atoms with Crippen molar-refractivity contribution < 1.29 is 19.8 Å². The summed E-state index contributed by atoms with van der Waals surface area (Å²) in [5, 5.41) is 23.6. The van der Waals surface area contributed by atoms with E-state index in [0.717, 1.165) is 0 Å². The van der Waals surface area contributed by atoms with Crippen molar-refractivity contribution in [2.45, 2.75) is 31.8 Å². The van der Waals surface area contributed by atoms with Crippen LogP contribution in [0.3, 0.4) is 0 Å². The molecule has 0 unspecified atom stereocenters. The third-order valence-electron chi connectivity index (χ3n) is 4.53. The van der Waals surface area contributed by atoms with Crippen molar-refractivity contribution in [3.8, 4) is 5.75 Å². The zero-order valence-corrected chi connectivity index (χ0v) is 15.6. The Morgan fingerprint density at radius 3 is 2.59 bits per heavy atom. The maximum Gasteiger partial charge on any atom is 0.261 e. The zero-order chi connectivity index (χ0) is 20.8. The van der Waals surface area contributed by atoms with E-state index in [1.165, 1.54) is 23.0 Å². The lowest BCUT2D eigenvalue weighted by Gasteiger charge is -2.20. The molecule has 0 saturated heterocycles. The highest BCUT2D eigenvalue weighted by atomic mass is 16.4. The predicted octanol–water partition coefficient (Wildman–Crippen LogP) is 0.360. The van der Waals surface area contributed by atoms with Crippen LogP contribution in [-0.2, 0) is 22.6 Å². The second-order valence-corrected chi connectivity index (χ2v) is 6.67. The summed E-state index contributed by atoms with van der Waals surface area (Å²) in [5.41, 5.74) is 1.07. The first-order valence-electron chi connectivity index (χ1n) is 9.16. The number of aromatic nitrogens is 2. The zero-order valence-electron chi connectivity index (χ0n) is 15.6. The van der Waals surface area contributed by atoms with E-state index in [9.17, 15) is 24.6 Å². The van der Waals surface area contributed by atoms with Crippen molar-refractivity contribution in [1.82, 2.24) is 14.9 Å². The van der Waals surface area contributed by atoms with Gasteiger partial charge in [0, 0.05) is 13.0 Å². The summed E-state index contributed by atoms with van der Waals surface area (Å²) in [6.07, 6.45) is 1.89. The Kier molecular flexibility index (Phi) is 6.23. The number of nitrogens with one attached hydrogen (secondary N) is 1. The predicted molar refractivity (Wildman–Crippen MR) is 104 cm³/mol. The monoisotopic (exact) mass is 394 g/mol. The van der Waals surface area contributed by atoms with Crippen molar-refractivity contribution in [3.63, 3.8) is 0 Å². The summed E-state index contributed by atoms with van der Waals surface area (Å²) in [6, 6.07) is 11.9. The molecule has 0 spiro atoms. The Morgan fingerprint density at radius 1 is 1.14 bits per heavy atom. The summed E-state index contributed by atoms with van der Waals surface area (Å²) in [5.74, 6) is -1.76. The molecule has 0 saturated carbocycles. The van der Waals surface area contributed by atoms with Gasteiger partial charge in [0.2, 0.25) is 5.91 Å². The molecule has 29 heavy (non-hydrogen) atoms. The molecule has 2 N–H and O–H groups in total. The number of carbonyl (C=O) groups excluding carboxylic acids is 2. The largest absolute Gasteiger partial charge is 0.548 e. The van der Waals surface area contributed by atoms with Crippen LogP contribution >= 0.6 is 0 Å². The maximum atomic E-state index is 12.4. The lowest BCUT2D eigenvalue weighted by atomic mass is 10.1. The van der Waals surface area contributed by atoms with Gasteiger partial charge in [0.15, 0.2) is 0 Å². The van der Waals surface area contributed by atoms with Crippen LogP contribution in [0.2, 0.25) is 0 Å². The molecular formula is C21H20N3O5-. The minimum Gasteiger partial charge on any atom is -0.548 e. The summed E-state index contributed by atoms with van der Waals surface area (Å²) < 4.78 is 1.43. The maximum absolute atomic E-state index is 12.4. The lowest BCUT2D eigenvalue weighted by molar-refractivity contribution is -0.308. The van der Waals surface area contributed by atoms with Gasteiger partial charge in [-0.2, -0.15) is 0 Å². The second-order valence-electron chi connectivity index (χ2n) is 6.67. The third-order valence-corrected chi connectivity index (χ3v) is 4.53. The van der Waals surface area contributed by atoms with Crippen molar-refractivity contribution in [2.75, 3.05) is 0 Å². The van der Waals surface area contributed by atoms with Crippen molar-refractivity contribution in [1.29, 1.82) is 0 Å². The molecule has 0 radical (unpaired) electrons. The fourth-order valence-corrected chi connectivity index (χ4v) is 3.00. The molecule has 0 aliphatic carbocycles. The first-order chi connectivity index (χ1) is 13.9. The second kappa shape index (κ2) is 9.01. The number of phenols is 1. The van der Waals surface area contributed by atoms with E-state index in [1.54, 1.807) is 36.4 Å². The molecule has 0 aliphatic rings. The van der Waals surface area contributed by atoms with Crippen LogP contribution in [0.25, 0.3) is 10.9 Å². The number of carbonyl (C=O) groups is 2. The molecule has 1 aromatic heterocycles. The Balaban J connectivity index is 1.55. The van der Waals surface area contributed by atoms with Crippen molar-refractivity contribution >= 4 is 22.8 Å². The molecule has 0 fully saturated rings. The Morgan fingerprint density at radius 2 is 1.86 bits per heavy atom. The molecule has 8 heteroatoms. The van der Waals surface area contributed by atoms with Crippen molar-refractivity contribution in [2.24, 2.45) is 0 Å². The number of benzene rings is 2. The summed E-state index contributed by atoms with van der Waals surface area (Å²) in [6.45, 7) is 0.290. The van der Waals surface area contributed by atoms with Gasteiger partial charge < -0.3 is 20.3 Å². The number of carboxylic acids is 1. The van der Waals surface area contributed by atoms with Crippen molar-refractivity contribution in [3.05, 3.63) is 70.8 Å². The van der Waals surface area contributed by atoms with Gasteiger partial charge >= 0.3 is 0 Å². The number of aromatic hydroxyl groups is 1. The molecule has 0 bridgehead atoms. The minimum atomic E-state index is -1.39. The number of aliphatic carboxylic acids is 1. The van der Waals surface area contributed by atoms with Crippen LogP contribution in [0.4, 0.5) is 0 Å². The van der Waals surface area contributed by atoms with Gasteiger partial charge in [0.25, 0.3) is 5.56 Å². The lowest BCUT2D eigenvalue weighted by Crippen LogP contribution is -2.49. The van der Waals surface area contributed by atoms with Gasteiger partial charge in [-0.25, -0.2) is 4.98 Å². The van der Waals surface area contributed by atoms with E-state index >= 15 is 0 Å². The normalized spacial score (nSPS) is 11.9. The molecule has 1 atom stereocenters. The summed E-state index contributed by atoms with van der Waals surface area (Å²) >= 11 is 0.